The summed E-state index contributed by atoms with van der Waals surface area (Å²) in [6, 6.07) is 9.58. The zero-order valence-corrected chi connectivity index (χ0v) is 12.4. The van der Waals surface area contributed by atoms with Crippen molar-refractivity contribution in [3.05, 3.63) is 43.5 Å². The molecule has 1 aliphatic rings. The number of carbonyl (C=O) groups is 2. The molecule has 1 aliphatic heterocycles. The molecule has 0 bridgehead atoms. The van der Waals surface area contributed by atoms with Gasteiger partial charge in [0.25, 0.3) is 0 Å². The van der Waals surface area contributed by atoms with Gasteiger partial charge in [-0.2, -0.15) is 0 Å². The van der Waals surface area contributed by atoms with Crippen molar-refractivity contribution >= 4 is 11.7 Å². The Morgan fingerprint density at radius 2 is 1.76 bits per heavy atom. The maximum Gasteiger partial charge on any atom is 0.222 e. The molecule has 1 aromatic rings. The Hall–Kier alpha value is -2.10. The number of ketones is 1. The van der Waals surface area contributed by atoms with Crippen molar-refractivity contribution in [2.24, 2.45) is 0 Å². The van der Waals surface area contributed by atoms with Crippen LogP contribution in [0.5, 0.6) is 5.75 Å². The molecule has 2 rings (SSSR count). The summed E-state index contributed by atoms with van der Waals surface area (Å²) in [5, 5.41) is 0. The van der Waals surface area contributed by atoms with Crippen LogP contribution >= 0.6 is 0 Å². The highest BCUT2D eigenvalue weighted by molar-refractivity contribution is 5.83. The van der Waals surface area contributed by atoms with E-state index in [4.69, 9.17) is 4.74 Å². The standard InChI is InChI=1S/C15H19NO3.C2H4/c17-13-8-10-16(11-9-13)15(18)7-4-12-19-14-5-2-1-3-6-14;1-2/h1-3,5-6H,4,7-12H2;1-2H2. The second-order valence-corrected chi connectivity index (χ2v) is 4.68. The molecule has 1 heterocycles. The Morgan fingerprint density at radius 3 is 2.38 bits per heavy atom. The van der Waals surface area contributed by atoms with Crippen molar-refractivity contribution in [1.29, 1.82) is 0 Å². The summed E-state index contributed by atoms with van der Waals surface area (Å²) >= 11 is 0. The van der Waals surface area contributed by atoms with Gasteiger partial charge in [0.1, 0.15) is 11.5 Å². The summed E-state index contributed by atoms with van der Waals surface area (Å²) in [5.74, 6) is 1.22. The predicted octanol–water partition coefficient (Wildman–Crippen LogP) is 2.84. The van der Waals surface area contributed by atoms with E-state index in [1.165, 1.54) is 0 Å². The second-order valence-electron chi connectivity index (χ2n) is 4.68. The fourth-order valence-electron chi connectivity index (χ4n) is 2.09. The van der Waals surface area contributed by atoms with Crippen LogP contribution in [0.25, 0.3) is 0 Å². The molecule has 114 valence electrons. The van der Waals surface area contributed by atoms with Crippen LogP contribution in [-0.4, -0.2) is 36.3 Å². The number of amides is 1. The minimum atomic E-state index is 0.129. The predicted molar refractivity (Wildman–Crippen MR) is 83.2 cm³/mol. The van der Waals surface area contributed by atoms with E-state index in [-0.39, 0.29) is 11.7 Å². The van der Waals surface area contributed by atoms with Crippen LogP contribution in [-0.2, 0) is 9.59 Å². The normalized spacial score (nSPS) is 14.1. The number of hydrogen-bond donors (Lipinski definition) is 0. The molecule has 4 nitrogen and oxygen atoms in total. The number of rotatable bonds is 5. The van der Waals surface area contributed by atoms with E-state index in [9.17, 15) is 9.59 Å². The van der Waals surface area contributed by atoms with E-state index in [1.807, 2.05) is 30.3 Å². The zero-order chi connectivity index (χ0) is 15.5. The molecule has 0 spiro atoms. The highest BCUT2D eigenvalue weighted by Crippen LogP contribution is 2.11. The zero-order valence-electron chi connectivity index (χ0n) is 12.4. The van der Waals surface area contributed by atoms with Gasteiger partial charge in [-0.3, -0.25) is 9.59 Å². The van der Waals surface area contributed by atoms with Crippen molar-refractivity contribution < 1.29 is 14.3 Å². The number of para-hydroxylation sites is 1. The highest BCUT2D eigenvalue weighted by Gasteiger charge is 2.19. The average molecular weight is 289 g/mol. The van der Waals surface area contributed by atoms with Gasteiger partial charge in [0.05, 0.1) is 6.61 Å². The van der Waals surface area contributed by atoms with Gasteiger partial charge in [0, 0.05) is 32.4 Å². The van der Waals surface area contributed by atoms with Gasteiger partial charge in [-0.15, -0.1) is 13.2 Å². The average Bonchev–Trinajstić information content (AvgIpc) is 2.55. The Morgan fingerprint density at radius 1 is 1.14 bits per heavy atom. The minimum absolute atomic E-state index is 0.129. The lowest BCUT2D eigenvalue weighted by Gasteiger charge is -2.26. The number of nitrogens with zero attached hydrogens (tertiary/aromatic N) is 1. The van der Waals surface area contributed by atoms with Crippen LogP contribution in [0.1, 0.15) is 25.7 Å². The number of piperidine rings is 1. The molecule has 0 aliphatic carbocycles. The molecule has 1 saturated heterocycles. The van der Waals surface area contributed by atoms with Crippen molar-refractivity contribution in [3.63, 3.8) is 0 Å². The SMILES string of the molecule is C=C.O=C1CCN(C(=O)CCCOc2ccccc2)CC1. The molecule has 0 radical (unpaired) electrons. The first-order valence-corrected chi connectivity index (χ1v) is 7.23. The fraction of sp³-hybridized carbons (Fsp3) is 0.412. The lowest BCUT2D eigenvalue weighted by molar-refractivity contribution is -0.134. The Labute approximate surface area is 126 Å². The third-order valence-electron chi connectivity index (χ3n) is 3.22. The van der Waals surface area contributed by atoms with Gasteiger partial charge in [-0.05, 0) is 18.6 Å². The first-order valence-electron chi connectivity index (χ1n) is 7.23. The monoisotopic (exact) mass is 289 g/mol. The molecular formula is C17H23NO3. The molecule has 0 aromatic heterocycles. The molecule has 1 amide bonds. The summed E-state index contributed by atoms with van der Waals surface area (Å²) in [5.41, 5.74) is 0. The van der Waals surface area contributed by atoms with E-state index < -0.39 is 0 Å². The summed E-state index contributed by atoms with van der Waals surface area (Å²) in [6.45, 7) is 7.71. The number of benzene rings is 1. The van der Waals surface area contributed by atoms with E-state index in [2.05, 4.69) is 13.2 Å². The third kappa shape index (κ3) is 6.25. The van der Waals surface area contributed by atoms with Crippen molar-refractivity contribution in [2.45, 2.75) is 25.7 Å². The van der Waals surface area contributed by atoms with Crippen LogP contribution in [0.3, 0.4) is 0 Å². The molecule has 0 unspecified atom stereocenters. The van der Waals surface area contributed by atoms with E-state index in [0.717, 1.165) is 5.75 Å². The maximum atomic E-state index is 11.9. The summed E-state index contributed by atoms with van der Waals surface area (Å²) < 4.78 is 5.54. The molecule has 21 heavy (non-hydrogen) atoms. The number of hydrogen-bond acceptors (Lipinski definition) is 3. The lowest BCUT2D eigenvalue weighted by Crippen LogP contribution is -2.38. The van der Waals surface area contributed by atoms with Gasteiger partial charge >= 0.3 is 0 Å². The molecule has 0 saturated carbocycles. The van der Waals surface area contributed by atoms with E-state index in [1.54, 1.807) is 4.90 Å². The number of likely N-dealkylation sites (tertiary alicyclic amines) is 1. The molecule has 0 atom stereocenters. The van der Waals surface area contributed by atoms with Crippen molar-refractivity contribution in [3.8, 4) is 5.75 Å². The van der Waals surface area contributed by atoms with Gasteiger partial charge < -0.3 is 9.64 Å². The maximum absolute atomic E-state index is 11.9. The number of carbonyl (C=O) groups excluding carboxylic acids is 2. The Bertz CT molecular complexity index is 435. The number of ether oxygens (including phenoxy) is 1. The summed E-state index contributed by atoms with van der Waals surface area (Å²) in [7, 11) is 0. The first-order chi connectivity index (χ1) is 10.3. The lowest BCUT2D eigenvalue weighted by atomic mass is 10.1. The highest BCUT2D eigenvalue weighted by atomic mass is 16.5. The van der Waals surface area contributed by atoms with E-state index >= 15 is 0 Å². The molecule has 1 aromatic carbocycles. The smallest absolute Gasteiger partial charge is 0.222 e. The Kier molecular flexibility index (Phi) is 7.87. The number of Topliss-reactive ketones (excluding diaryl/α,β-unsaturated/α-hetero) is 1. The first kappa shape index (κ1) is 17.0. The second kappa shape index (κ2) is 9.75. The van der Waals surface area contributed by atoms with Gasteiger partial charge in [-0.25, -0.2) is 0 Å². The van der Waals surface area contributed by atoms with Crippen molar-refractivity contribution in [1.82, 2.24) is 4.90 Å². The topological polar surface area (TPSA) is 46.6 Å². The molecule has 4 heteroatoms. The quantitative estimate of drug-likeness (QED) is 0.618. The third-order valence-corrected chi connectivity index (χ3v) is 3.22. The summed E-state index contributed by atoms with van der Waals surface area (Å²) in [4.78, 5) is 24.7. The van der Waals surface area contributed by atoms with Gasteiger partial charge in [0.15, 0.2) is 0 Å². The minimum Gasteiger partial charge on any atom is -0.494 e. The van der Waals surface area contributed by atoms with Crippen LogP contribution in [0, 0.1) is 0 Å². The molecule has 0 N–H and O–H groups in total. The van der Waals surface area contributed by atoms with E-state index in [0.29, 0.717) is 45.4 Å². The largest absolute Gasteiger partial charge is 0.494 e. The van der Waals surface area contributed by atoms with Gasteiger partial charge in [-0.1, -0.05) is 18.2 Å². The molecular weight excluding hydrogens is 266 g/mol. The van der Waals surface area contributed by atoms with Crippen LogP contribution in [0.2, 0.25) is 0 Å². The van der Waals surface area contributed by atoms with Crippen LogP contribution < -0.4 is 4.74 Å². The summed E-state index contributed by atoms with van der Waals surface area (Å²) in [6.07, 6.45) is 2.21. The van der Waals surface area contributed by atoms with Gasteiger partial charge in [0.2, 0.25) is 5.91 Å². The Balaban J connectivity index is 0.00000106. The van der Waals surface area contributed by atoms with Crippen molar-refractivity contribution in [2.75, 3.05) is 19.7 Å². The van der Waals surface area contributed by atoms with Crippen LogP contribution in [0.4, 0.5) is 0 Å². The van der Waals surface area contributed by atoms with Crippen LogP contribution in [0.15, 0.2) is 43.5 Å². The molecule has 1 fully saturated rings. The fourth-order valence-corrected chi connectivity index (χ4v) is 2.09.